The molecule has 1 aliphatic heterocycles. The van der Waals surface area contributed by atoms with Gasteiger partial charge >= 0.3 is 12.4 Å². The maximum absolute atomic E-state index is 15.6. The smallest absolute Gasteiger partial charge is 0.379 e. The molecule has 404 valence electrons. The molecule has 3 aromatic heterocycles. The summed E-state index contributed by atoms with van der Waals surface area (Å²) in [7, 11) is -3.89. The number of carbonyl (C=O) groups excluding carboxylic acids is 2. The zero-order valence-corrected chi connectivity index (χ0v) is 41.9. The Hall–Kier alpha value is -5.86. The first-order chi connectivity index (χ1) is 34.9. The van der Waals surface area contributed by atoms with E-state index in [0.717, 1.165) is 24.5 Å². The van der Waals surface area contributed by atoms with Crippen molar-refractivity contribution in [2.75, 3.05) is 56.5 Å². The first-order valence-electron chi connectivity index (χ1n) is 22.7. The van der Waals surface area contributed by atoms with Crippen LogP contribution in [0.2, 0.25) is 5.02 Å². The van der Waals surface area contributed by atoms with E-state index in [2.05, 4.69) is 37.7 Å². The summed E-state index contributed by atoms with van der Waals surface area (Å²) in [6, 6.07) is 5.10. The van der Waals surface area contributed by atoms with Crippen molar-refractivity contribution in [3.05, 3.63) is 93.0 Å². The van der Waals surface area contributed by atoms with E-state index in [1.807, 2.05) is 4.90 Å². The van der Waals surface area contributed by atoms with E-state index in [9.17, 15) is 61.9 Å². The largest absolute Gasteiger partial charge is 0.435 e. The highest BCUT2D eigenvalue weighted by Gasteiger charge is 2.68. The van der Waals surface area contributed by atoms with Crippen molar-refractivity contribution in [2.45, 2.75) is 74.8 Å². The number of fused-ring (bicyclic) bond motifs is 4. The minimum atomic E-state index is -5.21. The number of halogens is 11. The number of carbonyl (C=O) groups is 2. The second-order valence-corrected chi connectivity index (χ2v) is 22.5. The van der Waals surface area contributed by atoms with Crippen molar-refractivity contribution in [3.8, 4) is 23.0 Å². The fourth-order valence-electron chi connectivity index (χ4n) is 9.00. The van der Waals surface area contributed by atoms with Crippen molar-refractivity contribution in [2.24, 2.45) is 5.92 Å². The van der Waals surface area contributed by atoms with Gasteiger partial charge in [0.25, 0.3) is 17.2 Å². The Morgan fingerprint density at radius 3 is 2.29 bits per heavy atom. The molecule has 2 unspecified atom stereocenters. The number of aromatic nitrogens is 5. The molecule has 0 spiro atoms. The summed E-state index contributed by atoms with van der Waals surface area (Å²) in [4.78, 5) is 34.0. The van der Waals surface area contributed by atoms with E-state index < -0.39 is 151 Å². The van der Waals surface area contributed by atoms with Crippen LogP contribution in [0.5, 0.6) is 0 Å². The minimum Gasteiger partial charge on any atom is -0.379 e. The first-order valence-corrected chi connectivity index (χ1v) is 26.0. The Labute approximate surface area is 428 Å². The Morgan fingerprint density at radius 2 is 1.67 bits per heavy atom. The predicted octanol–water partition coefficient (Wildman–Crippen LogP) is 6.68. The third kappa shape index (κ3) is 11.9. The number of pyridine rings is 1. The SMILES string of the molecule is CC(C)(C#Cc1ccc(-c2ccc(Cl)c3c(N(CC(=O)NCCN4CCOCC4)S(=O)O)nn(CC(F)(F)F)c23)c(C(Cc2cc(F)cc(F)c2)NC(=O)Cn2nc(C(F)(F)F)c3c2C(F)(F)[C@@H]2C[C@H]32)n1)S(C)(=O)=O. The molecular formula is C46H44ClF10N9O7S2. The summed E-state index contributed by atoms with van der Waals surface area (Å²) in [5, 5.41) is 11.7. The molecule has 4 atom stereocenters. The van der Waals surface area contributed by atoms with Crippen LogP contribution < -0.4 is 14.9 Å². The number of hydrogen-bond acceptors (Lipinski definition) is 10. The lowest BCUT2D eigenvalue weighted by Crippen LogP contribution is -2.44. The van der Waals surface area contributed by atoms with Gasteiger partial charge in [0, 0.05) is 61.1 Å². The molecule has 5 aromatic rings. The number of morpholine rings is 1. The van der Waals surface area contributed by atoms with Gasteiger partial charge in [0.2, 0.25) is 11.8 Å². The molecule has 8 rings (SSSR count). The summed E-state index contributed by atoms with van der Waals surface area (Å²) >= 11 is 3.53. The highest BCUT2D eigenvalue weighted by atomic mass is 35.5. The lowest BCUT2D eigenvalue weighted by molar-refractivity contribution is -0.143. The first kappa shape index (κ1) is 55.4. The molecule has 75 heavy (non-hydrogen) atoms. The van der Waals surface area contributed by atoms with E-state index in [4.69, 9.17) is 16.3 Å². The summed E-state index contributed by atoms with van der Waals surface area (Å²) in [6.07, 6.45) is -10.3. The van der Waals surface area contributed by atoms with Gasteiger partial charge in [0.05, 0.1) is 40.9 Å². The van der Waals surface area contributed by atoms with Crippen LogP contribution in [0, 0.1) is 29.4 Å². The minimum absolute atomic E-state index is 0.0624. The lowest BCUT2D eigenvalue weighted by Gasteiger charge is -2.26. The topological polar surface area (TPSA) is 194 Å². The number of nitrogens with zero attached hydrogens (tertiary/aromatic N) is 7. The van der Waals surface area contributed by atoms with Crippen molar-refractivity contribution >= 4 is 61.2 Å². The van der Waals surface area contributed by atoms with Crippen LogP contribution in [0.1, 0.15) is 66.1 Å². The van der Waals surface area contributed by atoms with Gasteiger partial charge in [-0.15, -0.1) is 0 Å². The van der Waals surface area contributed by atoms with Gasteiger partial charge in [-0.1, -0.05) is 23.6 Å². The molecule has 3 aliphatic rings. The summed E-state index contributed by atoms with van der Waals surface area (Å²) < 4.78 is 201. The second kappa shape index (κ2) is 20.6. The van der Waals surface area contributed by atoms with Crippen LogP contribution in [-0.2, 0) is 67.0 Å². The molecule has 1 saturated heterocycles. The number of ether oxygens (including phenoxy) is 1. The van der Waals surface area contributed by atoms with Gasteiger partial charge in [-0.2, -0.15) is 45.3 Å². The molecule has 2 aromatic carbocycles. The van der Waals surface area contributed by atoms with E-state index in [1.165, 1.54) is 32.0 Å². The summed E-state index contributed by atoms with van der Waals surface area (Å²) in [5.74, 6) is -6.44. The number of nitrogens with one attached hydrogen (secondary N) is 2. The van der Waals surface area contributed by atoms with Crippen molar-refractivity contribution in [1.29, 1.82) is 0 Å². The molecule has 16 nitrogen and oxygen atoms in total. The fourth-order valence-corrected chi connectivity index (χ4v) is 9.98. The fraction of sp³-hybridized carbons (Fsp3) is 0.457. The van der Waals surface area contributed by atoms with Crippen molar-refractivity contribution in [3.63, 3.8) is 0 Å². The highest BCUT2D eigenvalue weighted by molar-refractivity contribution is 7.92. The quantitative estimate of drug-likeness (QED) is 0.0542. The zero-order chi connectivity index (χ0) is 54.7. The van der Waals surface area contributed by atoms with Gasteiger partial charge < -0.3 is 15.4 Å². The third-order valence-corrected chi connectivity index (χ3v) is 15.8. The predicted molar refractivity (Wildman–Crippen MR) is 251 cm³/mol. The molecule has 0 bridgehead atoms. The number of alkyl halides is 8. The van der Waals surface area contributed by atoms with Crippen LogP contribution in [0.25, 0.3) is 22.0 Å². The maximum atomic E-state index is 15.6. The number of benzene rings is 2. The van der Waals surface area contributed by atoms with Gasteiger partial charge in [-0.05, 0) is 74.4 Å². The van der Waals surface area contributed by atoms with Crippen LogP contribution in [0.4, 0.5) is 49.7 Å². The van der Waals surface area contributed by atoms with Crippen LogP contribution >= 0.6 is 11.6 Å². The number of sulfone groups is 1. The van der Waals surface area contributed by atoms with Crippen LogP contribution in [0.15, 0.2) is 42.5 Å². The number of hydrogen-bond donors (Lipinski definition) is 3. The average Bonchev–Trinajstić information content (AvgIpc) is 3.81. The third-order valence-electron chi connectivity index (χ3n) is 12.9. The molecule has 2 fully saturated rings. The Kier molecular flexibility index (Phi) is 15.2. The van der Waals surface area contributed by atoms with Crippen LogP contribution in [0.3, 0.4) is 0 Å². The van der Waals surface area contributed by atoms with Gasteiger partial charge in [-0.3, -0.25) is 28.4 Å². The van der Waals surface area contributed by atoms with Gasteiger partial charge in [-0.25, -0.2) is 30.7 Å². The van der Waals surface area contributed by atoms with E-state index in [0.29, 0.717) is 47.9 Å². The summed E-state index contributed by atoms with van der Waals surface area (Å²) in [6.45, 7) is 0.864. The van der Waals surface area contributed by atoms with E-state index in [-0.39, 0.29) is 45.1 Å². The molecule has 4 heterocycles. The molecule has 29 heteroatoms. The second-order valence-electron chi connectivity index (χ2n) is 18.6. The number of rotatable bonds is 16. The molecule has 1 saturated carbocycles. The molecule has 3 N–H and O–H groups in total. The normalized spacial score (nSPS) is 18.4. The van der Waals surface area contributed by atoms with E-state index >= 15 is 8.78 Å². The van der Waals surface area contributed by atoms with Crippen molar-refractivity contribution < 1.29 is 75.4 Å². The Morgan fingerprint density at radius 1 is 1.00 bits per heavy atom. The van der Waals surface area contributed by atoms with Gasteiger partial charge in [0.15, 0.2) is 21.3 Å². The van der Waals surface area contributed by atoms with Crippen molar-refractivity contribution in [1.82, 2.24) is 40.1 Å². The monoisotopic (exact) mass is 1120 g/mol. The Balaban J connectivity index is 1.29. The molecular weight excluding hydrogens is 1080 g/mol. The molecule has 2 aliphatic carbocycles. The highest BCUT2D eigenvalue weighted by Crippen LogP contribution is 2.68. The standard InChI is InChI=1S/C46H44ClF10N9O7S2/c1-43(2,75(3,71)72)9-8-27-4-5-28(29-6-7-32(47)37-39(29)65(23-44(50,51)52)62-42(37)66(74(69)70)22-34(67)58-10-11-63-12-14-73-15-13-63)38(59-27)33(18-24-16-25(48)19-26(49)17-24)60-35(68)21-64-41-36(40(61-64)46(55,56)57)30-20-31(30)45(41,53)54/h4-7,16-17,19,30-31,33H,10-15,18,20-23H2,1-3H3,(H,58,67)(H,60,68)(H,69,70)/t30-,31+,33?/m0/s1. The number of amides is 2. The summed E-state index contributed by atoms with van der Waals surface area (Å²) in [5.41, 5.74) is -5.48. The maximum Gasteiger partial charge on any atom is 0.435 e. The van der Waals surface area contributed by atoms with Crippen LogP contribution in [-0.4, -0.2) is 122 Å². The van der Waals surface area contributed by atoms with Gasteiger partial charge in [0.1, 0.15) is 47.4 Å². The average molecular weight is 1120 g/mol. The Bertz CT molecular complexity index is 3260. The molecule has 0 radical (unpaired) electrons. The number of anilines is 1. The zero-order valence-electron chi connectivity index (χ0n) is 39.6. The molecule has 2 amide bonds. The van der Waals surface area contributed by atoms with E-state index in [1.54, 1.807) is 0 Å². The lowest BCUT2D eigenvalue weighted by atomic mass is 9.93.